The molecule has 1 amide bonds. The number of carbonyl (C=O) groups excluding carboxylic acids is 1. The minimum Gasteiger partial charge on any atom is -0.486 e. The number of thiophene rings is 2. The Morgan fingerprint density at radius 3 is 2.90 bits per heavy atom. The molecule has 3 aromatic heterocycles. The Balaban J connectivity index is 1.28. The summed E-state index contributed by atoms with van der Waals surface area (Å²) in [4.78, 5) is 31.5. The Kier molecular flexibility index (Phi) is 4.97. The van der Waals surface area contributed by atoms with Gasteiger partial charge in [0, 0.05) is 15.8 Å². The van der Waals surface area contributed by atoms with Gasteiger partial charge in [-0.25, -0.2) is 4.98 Å². The molecule has 0 saturated heterocycles. The van der Waals surface area contributed by atoms with E-state index in [2.05, 4.69) is 10.3 Å². The van der Waals surface area contributed by atoms with Gasteiger partial charge in [-0.2, -0.15) is 0 Å². The lowest BCUT2D eigenvalue weighted by Crippen LogP contribution is -2.42. The second-order valence-electron chi connectivity index (χ2n) is 6.79. The van der Waals surface area contributed by atoms with E-state index in [1.54, 1.807) is 11.3 Å². The van der Waals surface area contributed by atoms with Crippen LogP contribution in [0.2, 0.25) is 0 Å². The minimum atomic E-state index is -0.288. The number of amides is 1. The first-order valence-corrected chi connectivity index (χ1v) is 11.1. The van der Waals surface area contributed by atoms with Crippen molar-refractivity contribution in [2.45, 2.75) is 12.6 Å². The summed E-state index contributed by atoms with van der Waals surface area (Å²) in [5, 5.41) is 7.28. The number of hydrogen-bond donors (Lipinski definition) is 1. The Labute approximate surface area is 179 Å². The Hall–Kier alpha value is -3.17. The van der Waals surface area contributed by atoms with E-state index in [0.29, 0.717) is 28.3 Å². The number of nitrogens with one attached hydrogen (secondary N) is 1. The van der Waals surface area contributed by atoms with E-state index in [1.807, 2.05) is 47.2 Å². The van der Waals surface area contributed by atoms with Gasteiger partial charge in [-0.05, 0) is 23.6 Å². The van der Waals surface area contributed by atoms with E-state index in [1.165, 1.54) is 22.2 Å². The quantitative estimate of drug-likeness (QED) is 0.517. The van der Waals surface area contributed by atoms with Crippen LogP contribution in [0.3, 0.4) is 0 Å². The molecule has 0 bridgehead atoms. The third kappa shape index (κ3) is 3.57. The molecule has 0 radical (unpaired) electrons. The monoisotopic (exact) mass is 439 g/mol. The van der Waals surface area contributed by atoms with E-state index in [0.717, 1.165) is 10.4 Å². The smallest absolute Gasteiger partial charge is 0.263 e. The van der Waals surface area contributed by atoms with Gasteiger partial charge in [-0.15, -0.1) is 22.7 Å². The fourth-order valence-corrected chi connectivity index (χ4v) is 5.02. The zero-order valence-corrected chi connectivity index (χ0v) is 17.4. The van der Waals surface area contributed by atoms with Crippen LogP contribution in [0.25, 0.3) is 20.7 Å². The van der Waals surface area contributed by atoms with Crippen LogP contribution in [0.5, 0.6) is 11.5 Å². The molecule has 1 atom stereocenters. The lowest BCUT2D eigenvalue weighted by Gasteiger charge is -2.26. The fraction of sp³-hybridized carbons (Fsp3) is 0.190. The number of benzene rings is 1. The van der Waals surface area contributed by atoms with Crippen LogP contribution in [0, 0.1) is 0 Å². The summed E-state index contributed by atoms with van der Waals surface area (Å²) < 4.78 is 12.8. The number of nitrogens with zero attached hydrogens (tertiary/aromatic N) is 2. The highest BCUT2D eigenvalue weighted by Crippen LogP contribution is 2.33. The molecule has 1 aromatic carbocycles. The molecule has 1 aliphatic rings. The molecular weight excluding hydrogens is 422 g/mol. The molecular formula is C21H17N3O4S2. The molecule has 0 fully saturated rings. The maximum absolute atomic E-state index is 13.0. The van der Waals surface area contributed by atoms with E-state index >= 15 is 0 Å². The topological polar surface area (TPSA) is 82.5 Å². The van der Waals surface area contributed by atoms with Gasteiger partial charge in [0.1, 0.15) is 24.1 Å². The van der Waals surface area contributed by atoms with Crippen LogP contribution in [0.4, 0.5) is 0 Å². The summed E-state index contributed by atoms with van der Waals surface area (Å²) in [6.45, 7) is 0.534. The molecule has 7 nitrogen and oxygen atoms in total. The molecule has 1 aliphatic heterocycles. The number of fused-ring (bicyclic) bond motifs is 2. The number of para-hydroxylation sites is 2. The van der Waals surface area contributed by atoms with Gasteiger partial charge >= 0.3 is 0 Å². The first kappa shape index (κ1) is 18.8. The van der Waals surface area contributed by atoms with E-state index < -0.39 is 0 Å². The van der Waals surface area contributed by atoms with Gasteiger partial charge in [0.15, 0.2) is 11.5 Å². The van der Waals surface area contributed by atoms with Gasteiger partial charge < -0.3 is 14.8 Å². The lowest BCUT2D eigenvalue weighted by atomic mass is 10.2. The van der Waals surface area contributed by atoms with Crippen molar-refractivity contribution >= 4 is 38.8 Å². The van der Waals surface area contributed by atoms with E-state index in [-0.39, 0.29) is 30.7 Å². The Morgan fingerprint density at radius 2 is 2.07 bits per heavy atom. The molecule has 0 spiro atoms. The van der Waals surface area contributed by atoms with Gasteiger partial charge in [-0.3, -0.25) is 14.2 Å². The maximum Gasteiger partial charge on any atom is 0.263 e. The predicted octanol–water partition coefficient (Wildman–Crippen LogP) is 3.14. The third-order valence-corrected chi connectivity index (χ3v) is 6.55. The van der Waals surface area contributed by atoms with E-state index in [4.69, 9.17) is 9.47 Å². The molecule has 4 aromatic rings. The van der Waals surface area contributed by atoms with Gasteiger partial charge in [0.25, 0.3) is 5.56 Å². The number of carbonyl (C=O) groups is 1. The maximum atomic E-state index is 13.0. The summed E-state index contributed by atoms with van der Waals surface area (Å²) in [7, 11) is 0. The molecule has 1 N–H and O–H groups in total. The Morgan fingerprint density at radius 1 is 1.20 bits per heavy atom. The van der Waals surface area contributed by atoms with Crippen molar-refractivity contribution < 1.29 is 14.3 Å². The van der Waals surface area contributed by atoms with Crippen molar-refractivity contribution in [3.05, 3.63) is 63.8 Å². The summed E-state index contributed by atoms with van der Waals surface area (Å²) in [6, 6.07) is 11.3. The lowest BCUT2D eigenvalue weighted by molar-refractivity contribution is -0.122. The van der Waals surface area contributed by atoms with Crippen molar-refractivity contribution in [3.63, 3.8) is 0 Å². The molecule has 30 heavy (non-hydrogen) atoms. The average molecular weight is 440 g/mol. The first-order valence-electron chi connectivity index (χ1n) is 9.35. The highest BCUT2D eigenvalue weighted by molar-refractivity contribution is 7.18. The zero-order chi connectivity index (χ0) is 20.5. The van der Waals surface area contributed by atoms with Crippen LogP contribution in [0.15, 0.2) is 58.3 Å². The largest absolute Gasteiger partial charge is 0.486 e. The first-order chi connectivity index (χ1) is 14.7. The second kappa shape index (κ2) is 7.92. The molecule has 4 heterocycles. The van der Waals surface area contributed by atoms with Gasteiger partial charge in [0.2, 0.25) is 5.91 Å². The van der Waals surface area contributed by atoms with Gasteiger partial charge in [0.05, 0.1) is 18.3 Å². The Bertz CT molecular complexity index is 1260. The van der Waals surface area contributed by atoms with Crippen molar-refractivity contribution in [1.82, 2.24) is 14.9 Å². The highest BCUT2D eigenvalue weighted by Gasteiger charge is 2.21. The number of rotatable bonds is 5. The standard InChI is InChI=1S/C21H17N3O4S2/c25-18(22-8-13-10-27-15-4-1-2-5-16(15)28-13)9-24-12-23-20-19(21(24)26)14(11-30-20)17-6-3-7-29-17/h1-7,11-13H,8-10H2,(H,22,25)/t13-/m1/s1. The minimum absolute atomic E-state index is 0.105. The average Bonchev–Trinajstić information content (AvgIpc) is 3.44. The van der Waals surface area contributed by atoms with Crippen molar-refractivity contribution in [2.24, 2.45) is 0 Å². The summed E-state index contributed by atoms with van der Waals surface area (Å²) in [5.41, 5.74) is 0.648. The zero-order valence-electron chi connectivity index (χ0n) is 15.7. The van der Waals surface area contributed by atoms with Gasteiger partial charge in [-0.1, -0.05) is 18.2 Å². The van der Waals surface area contributed by atoms with Crippen molar-refractivity contribution in [3.8, 4) is 21.9 Å². The van der Waals surface area contributed by atoms with Crippen LogP contribution in [0.1, 0.15) is 0 Å². The molecule has 5 rings (SSSR count). The summed E-state index contributed by atoms with van der Waals surface area (Å²) in [5.74, 6) is 1.07. The summed E-state index contributed by atoms with van der Waals surface area (Å²) >= 11 is 3.00. The number of aromatic nitrogens is 2. The predicted molar refractivity (Wildman–Crippen MR) is 117 cm³/mol. The van der Waals surface area contributed by atoms with Crippen molar-refractivity contribution in [2.75, 3.05) is 13.2 Å². The molecule has 9 heteroatoms. The van der Waals surface area contributed by atoms with E-state index in [9.17, 15) is 9.59 Å². The van der Waals surface area contributed by atoms with Crippen molar-refractivity contribution in [1.29, 1.82) is 0 Å². The molecule has 0 unspecified atom stereocenters. The summed E-state index contributed by atoms with van der Waals surface area (Å²) in [6.07, 6.45) is 1.14. The van der Waals surface area contributed by atoms with Crippen LogP contribution >= 0.6 is 22.7 Å². The number of ether oxygens (including phenoxy) is 2. The molecule has 0 saturated carbocycles. The fourth-order valence-electron chi connectivity index (χ4n) is 3.30. The molecule has 152 valence electrons. The number of hydrogen-bond acceptors (Lipinski definition) is 7. The van der Waals surface area contributed by atoms with Crippen LogP contribution < -0.4 is 20.3 Å². The molecule has 0 aliphatic carbocycles. The SMILES string of the molecule is O=C(Cn1cnc2scc(-c3cccs3)c2c1=O)NC[C@@H]1COc2ccccc2O1. The highest BCUT2D eigenvalue weighted by atomic mass is 32.1. The third-order valence-electron chi connectivity index (χ3n) is 4.76. The second-order valence-corrected chi connectivity index (χ2v) is 8.59. The van der Waals surface area contributed by atoms with Crippen LogP contribution in [-0.4, -0.2) is 34.7 Å². The normalized spacial score (nSPS) is 15.3. The van der Waals surface area contributed by atoms with Crippen LogP contribution in [-0.2, 0) is 11.3 Å².